The number of benzene rings is 3. The first-order chi connectivity index (χ1) is 11.2. The maximum Gasteiger partial charge on any atom is 0.367 e. The van der Waals surface area contributed by atoms with Gasteiger partial charge in [-0.2, -0.15) is 0 Å². The molecular weight excluding hydrogens is 311 g/mol. The van der Waals surface area contributed by atoms with Gasteiger partial charge in [-0.1, -0.05) is 42.5 Å². The van der Waals surface area contributed by atoms with Gasteiger partial charge >= 0.3 is 8.25 Å². The minimum atomic E-state index is -2.63. The van der Waals surface area contributed by atoms with E-state index in [2.05, 4.69) is 12.1 Å². The van der Waals surface area contributed by atoms with Crippen LogP contribution in [0.15, 0.2) is 60.7 Å². The lowest BCUT2D eigenvalue weighted by atomic mass is 10.0. The highest BCUT2D eigenvalue weighted by atomic mass is 31.1. The van der Waals surface area contributed by atoms with E-state index in [0.717, 1.165) is 21.9 Å². The number of aromatic hydroxyl groups is 1. The van der Waals surface area contributed by atoms with E-state index in [0.29, 0.717) is 6.61 Å². The summed E-state index contributed by atoms with van der Waals surface area (Å²) in [6, 6.07) is 19.2. The first-order valence-electron chi connectivity index (χ1n) is 7.34. The number of fused-ring (bicyclic) bond motifs is 1. The summed E-state index contributed by atoms with van der Waals surface area (Å²) in [5.41, 5.74) is 1.85. The average Bonchev–Trinajstić information content (AvgIpc) is 2.56. The van der Waals surface area contributed by atoms with E-state index in [-0.39, 0.29) is 11.5 Å². The molecule has 0 aliphatic heterocycles. The van der Waals surface area contributed by atoms with Gasteiger partial charge in [-0.25, -0.2) is 4.57 Å². The van der Waals surface area contributed by atoms with Crippen molar-refractivity contribution in [3.05, 3.63) is 60.7 Å². The van der Waals surface area contributed by atoms with E-state index in [1.54, 1.807) is 19.1 Å². The Morgan fingerprint density at radius 1 is 0.957 bits per heavy atom. The smallest absolute Gasteiger partial charge is 0.367 e. The Labute approximate surface area is 135 Å². The second-order valence-corrected chi connectivity index (χ2v) is 6.02. The minimum absolute atomic E-state index is 0.0614. The Bertz CT molecular complexity index is 861. The molecule has 0 saturated heterocycles. The van der Waals surface area contributed by atoms with Crippen LogP contribution >= 0.6 is 8.25 Å². The maximum absolute atomic E-state index is 11.5. The molecule has 1 atom stereocenters. The highest BCUT2D eigenvalue weighted by Crippen LogP contribution is 2.37. The van der Waals surface area contributed by atoms with E-state index in [9.17, 15) is 9.67 Å². The highest BCUT2D eigenvalue weighted by Gasteiger charge is 2.09. The molecule has 0 heterocycles. The van der Waals surface area contributed by atoms with Crippen molar-refractivity contribution in [3.63, 3.8) is 0 Å². The Balaban J connectivity index is 1.90. The summed E-state index contributed by atoms with van der Waals surface area (Å²) in [5.74, 6) is 0.0978. The molecule has 0 amide bonds. The number of phenolic OH excluding ortho intramolecular Hbond substituents is 1. The molecule has 0 bridgehead atoms. The number of phenols is 1. The molecule has 0 aliphatic rings. The van der Waals surface area contributed by atoms with Crippen molar-refractivity contribution in [2.45, 2.75) is 6.92 Å². The van der Waals surface area contributed by atoms with E-state index in [1.807, 2.05) is 36.4 Å². The Morgan fingerprint density at radius 2 is 1.65 bits per heavy atom. The van der Waals surface area contributed by atoms with E-state index >= 15 is 0 Å². The zero-order valence-corrected chi connectivity index (χ0v) is 13.7. The summed E-state index contributed by atoms with van der Waals surface area (Å²) in [4.78, 5) is 0. The molecule has 0 saturated carbocycles. The van der Waals surface area contributed by atoms with Crippen molar-refractivity contribution < 1.29 is 18.7 Å². The molecule has 3 rings (SSSR count). The van der Waals surface area contributed by atoms with Crippen LogP contribution in [0.2, 0.25) is 0 Å². The van der Waals surface area contributed by atoms with Crippen LogP contribution in [0.4, 0.5) is 0 Å². The molecule has 0 fully saturated rings. The second kappa shape index (κ2) is 6.86. The van der Waals surface area contributed by atoms with Gasteiger partial charge in [0.2, 0.25) is 0 Å². The van der Waals surface area contributed by atoms with E-state index in [1.165, 1.54) is 0 Å². The van der Waals surface area contributed by atoms with Crippen molar-refractivity contribution in [3.8, 4) is 22.6 Å². The normalized spacial score (nSPS) is 12.2. The summed E-state index contributed by atoms with van der Waals surface area (Å²) >= 11 is 0. The van der Waals surface area contributed by atoms with Gasteiger partial charge in [0, 0.05) is 0 Å². The second-order valence-electron chi connectivity index (χ2n) is 5.03. The third-order valence-corrected chi connectivity index (χ3v) is 4.41. The lowest BCUT2D eigenvalue weighted by Crippen LogP contribution is -1.87. The van der Waals surface area contributed by atoms with E-state index < -0.39 is 8.25 Å². The molecule has 0 radical (unpaired) electrons. The first-order valence-corrected chi connectivity index (χ1v) is 8.56. The van der Waals surface area contributed by atoms with Crippen LogP contribution in [0.3, 0.4) is 0 Å². The van der Waals surface area contributed by atoms with Gasteiger partial charge in [0.15, 0.2) is 11.5 Å². The van der Waals surface area contributed by atoms with Crippen LogP contribution in [0.5, 0.6) is 11.5 Å². The Morgan fingerprint density at radius 3 is 2.39 bits per heavy atom. The predicted molar refractivity (Wildman–Crippen MR) is 92.3 cm³/mol. The van der Waals surface area contributed by atoms with Crippen molar-refractivity contribution in [2.75, 3.05) is 6.61 Å². The highest BCUT2D eigenvalue weighted by molar-refractivity contribution is 7.33. The summed E-state index contributed by atoms with van der Waals surface area (Å²) in [6.45, 7) is 2.03. The molecule has 3 aromatic carbocycles. The zero-order valence-electron chi connectivity index (χ0n) is 12.7. The minimum Gasteiger partial charge on any atom is -0.504 e. The molecule has 23 heavy (non-hydrogen) atoms. The van der Waals surface area contributed by atoms with Crippen LogP contribution in [-0.2, 0) is 9.09 Å². The zero-order chi connectivity index (χ0) is 16.2. The fraction of sp³-hybridized carbons (Fsp3) is 0.111. The number of hydrogen-bond acceptors (Lipinski definition) is 4. The largest absolute Gasteiger partial charge is 0.504 e. The fourth-order valence-corrected chi connectivity index (χ4v) is 3.04. The van der Waals surface area contributed by atoms with Crippen molar-refractivity contribution in [1.82, 2.24) is 0 Å². The quantitative estimate of drug-likeness (QED) is 0.668. The summed E-state index contributed by atoms with van der Waals surface area (Å²) in [5, 5.41) is 12.4. The molecule has 0 aliphatic carbocycles. The summed E-state index contributed by atoms with van der Waals surface area (Å²) in [7, 11) is -2.63. The van der Waals surface area contributed by atoms with Gasteiger partial charge in [0.25, 0.3) is 0 Å². The number of rotatable bonds is 5. The van der Waals surface area contributed by atoms with Crippen molar-refractivity contribution in [1.29, 1.82) is 0 Å². The van der Waals surface area contributed by atoms with Gasteiger partial charge in [-0.05, 0) is 47.0 Å². The molecule has 0 spiro atoms. The lowest BCUT2D eigenvalue weighted by molar-refractivity contribution is 0.298. The Hall–Kier alpha value is -2.29. The topological polar surface area (TPSA) is 55.8 Å². The number of hydrogen-bond donors (Lipinski definition) is 1. The summed E-state index contributed by atoms with van der Waals surface area (Å²) < 4.78 is 21.5. The van der Waals surface area contributed by atoms with Crippen LogP contribution in [0.25, 0.3) is 21.9 Å². The van der Waals surface area contributed by atoms with Crippen LogP contribution < -0.4 is 4.52 Å². The van der Waals surface area contributed by atoms with Crippen molar-refractivity contribution >= 4 is 19.0 Å². The van der Waals surface area contributed by atoms with Gasteiger partial charge in [0.05, 0.1) is 6.61 Å². The lowest BCUT2D eigenvalue weighted by Gasteiger charge is -2.10. The summed E-state index contributed by atoms with van der Waals surface area (Å²) in [6.07, 6.45) is 0. The molecule has 3 aromatic rings. The molecular formula is C18H17O4P. The predicted octanol–water partition coefficient (Wildman–Crippen LogP) is 5.02. The fourth-order valence-electron chi connectivity index (χ4n) is 2.39. The average molecular weight is 328 g/mol. The van der Waals surface area contributed by atoms with Gasteiger partial charge in [-0.15, -0.1) is 0 Å². The van der Waals surface area contributed by atoms with Crippen molar-refractivity contribution in [2.24, 2.45) is 0 Å². The molecule has 1 unspecified atom stereocenters. The third-order valence-electron chi connectivity index (χ3n) is 3.50. The van der Waals surface area contributed by atoms with Crippen LogP contribution in [0, 0.1) is 0 Å². The SMILES string of the molecule is CCO[PH](=O)Oc1ccc(-c2ccc3ccccc3c2)cc1O. The monoisotopic (exact) mass is 328 g/mol. The molecule has 1 N–H and O–H groups in total. The molecule has 118 valence electrons. The van der Waals surface area contributed by atoms with E-state index in [4.69, 9.17) is 9.05 Å². The third kappa shape index (κ3) is 3.55. The van der Waals surface area contributed by atoms with Gasteiger partial charge < -0.3 is 14.2 Å². The molecule has 4 nitrogen and oxygen atoms in total. The van der Waals surface area contributed by atoms with Crippen LogP contribution in [-0.4, -0.2) is 11.7 Å². The first kappa shape index (κ1) is 15.6. The van der Waals surface area contributed by atoms with Crippen LogP contribution in [0.1, 0.15) is 6.92 Å². The van der Waals surface area contributed by atoms with Gasteiger partial charge in [0.1, 0.15) is 0 Å². The van der Waals surface area contributed by atoms with Gasteiger partial charge in [-0.3, -0.25) is 0 Å². The standard InChI is InChI=1S/C18H17O4P/c1-2-21-23(20)22-18-10-9-16(12-17(18)19)15-8-7-13-5-3-4-6-14(13)11-15/h3-12,19,23H,2H2,1H3. The Kier molecular flexibility index (Phi) is 4.65. The molecule has 0 aromatic heterocycles. The maximum atomic E-state index is 11.5. The molecule has 5 heteroatoms.